The molecule has 0 saturated heterocycles. The van der Waals surface area contributed by atoms with Gasteiger partial charge in [-0.2, -0.15) is 0 Å². The number of amides is 2. The molecule has 0 bridgehead atoms. The maximum Gasteiger partial charge on any atom is 0.265 e. The summed E-state index contributed by atoms with van der Waals surface area (Å²) in [6.45, 7) is 1.65. The third-order valence-electron chi connectivity index (χ3n) is 4.49. The van der Waals surface area contributed by atoms with Gasteiger partial charge in [-0.3, -0.25) is 9.59 Å². The minimum Gasteiger partial charge on any atom is -0.494 e. The fourth-order valence-electron chi connectivity index (χ4n) is 2.87. The number of carbonyl (C=O) groups is 2. The lowest BCUT2D eigenvalue weighted by Crippen LogP contribution is -2.30. The highest BCUT2D eigenvalue weighted by Crippen LogP contribution is 2.36. The number of rotatable bonds is 8. The van der Waals surface area contributed by atoms with Crippen molar-refractivity contribution in [3.8, 4) is 17.2 Å². The Balaban J connectivity index is 1.78. The van der Waals surface area contributed by atoms with Crippen LogP contribution >= 0.6 is 0 Å². The van der Waals surface area contributed by atoms with Crippen LogP contribution in [-0.2, 0) is 4.79 Å². The van der Waals surface area contributed by atoms with E-state index in [4.69, 9.17) is 14.2 Å². The fraction of sp³-hybridized carbons (Fsp3) is 0.167. The molecule has 160 valence electrons. The molecule has 0 radical (unpaired) electrons. The minimum atomic E-state index is -0.740. The van der Waals surface area contributed by atoms with E-state index in [1.807, 2.05) is 24.3 Å². The Kier molecular flexibility index (Phi) is 7.11. The van der Waals surface area contributed by atoms with Crippen LogP contribution < -0.4 is 24.8 Å². The van der Waals surface area contributed by atoms with Crippen molar-refractivity contribution in [2.24, 2.45) is 0 Å². The zero-order chi connectivity index (χ0) is 22.2. The normalized spacial score (nSPS) is 11.2. The summed E-state index contributed by atoms with van der Waals surface area (Å²) in [7, 11) is 2.96. The first-order chi connectivity index (χ1) is 15.0. The van der Waals surface area contributed by atoms with E-state index >= 15 is 0 Å². The van der Waals surface area contributed by atoms with Crippen LogP contribution in [0.15, 0.2) is 72.8 Å². The summed E-state index contributed by atoms with van der Waals surface area (Å²) in [6, 6.07) is 21.1. The zero-order valence-electron chi connectivity index (χ0n) is 17.5. The van der Waals surface area contributed by atoms with Crippen molar-refractivity contribution in [3.63, 3.8) is 0 Å². The summed E-state index contributed by atoms with van der Waals surface area (Å²) in [5.74, 6) is 0.683. The Labute approximate surface area is 180 Å². The van der Waals surface area contributed by atoms with Crippen molar-refractivity contribution in [1.82, 2.24) is 0 Å². The largest absolute Gasteiger partial charge is 0.494 e. The van der Waals surface area contributed by atoms with Crippen LogP contribution in [0.25, 0.3) is 0 Å². The number of para-hydroxylation sites is 1. The van der Waals surface area contributed by atoms with Crippen LogP contribution in [-0.4, -0.2) is 32.1 Å². The first-order valence-corrected chi connectivity index (χ1v) is 9.66. The van der Waals surface area contributed by atoms with E-state index in [0.717, 1.165) is 0 Å². The van der Waals surface area contributed by atoms with Gasteiger partial charge in [-0.05, 0) is 31.2 Å². The molecule has 0 spiro atoms. The number of nitrogens with one attached hydrogen (secondary N) is 2. The molecule has 0 aliphatic rings. The molecule has 0 aliphatic carbocycles. The average molecular weight is 420 g/mol. The summed E-state index contributed by atoms with van der Waals surface area (Å²) >= 11 is 0. The van der Waals surface area contributed by atoms with Gasteiger partial charge in [0.2, 0.25) is 0 Å². The second kappa shape index (κ2) is 10.2. The molecule has 2 N–H and O–H groups in total. The number of benzene rings is 3. The summed E-state index contributed by atoms with van der Waals surface area (Å²) in [6.07, 6.45) is -0.740. The third kappa shape index (κ3) is 5.54. The maximum atomic E-state index is 12.6. The van der Waals surface area contributed by atoms with Gasteiger partial charge in [0.15, 0.2) is 6.10 Å². The van der Waals surface area contributed by atoms with Crippen molar-refractivity contribution in [1.29, 1.82) is 0 Å². The van der Waals surface area contributed by atoms with Crippen LogP contribution in [0.2, 0.25) is 0 Å². The van der Waals surface area contributed by atoms with Gasteiger partial charge in [0, 0.05) is 17.7 Å². The highest BCUT2D eigenvalue weighted by atomic mass is 16.5. The average Bonchev–Trinajstić information content (AvgIpc) is 2.80. The third-order valence-corrected chi connectivity index (χ3v) is 4.49. The molecule has 1 atom stereocenters. The van der Waals surface area contributed by atoms with Crippen LogP contribution in [0, 0.1) is 0 Å². The number of hydrogen-bond acceptors (Lipinski definition) is 5. The molecule has 0 aromatic heterocycles. The molecule has 0 fully saturated rings. The molecule has 31 heavy (non-hydrogen) atoms. The van der Waals surface area contributed by atoms with E-state index in [9.17, 15) is 9.59 Å². The first kappa shape index (κ1) is 21.7. The monoisotopic (exact) mass is 420 g/mol. The molecule has 3 rings (SSSR count). The molecule has 7 heteroatoms. The summed E-state index contributed by atoms with van der Waals surface area (Å²) in [4.78, 5) is 25.1. The standard InChI is InChI=1S/C24H24N2O5/c1-16(31-18-12-8-5-9-13-18)23(27)25-19-14-22(30-3)20(15-21(19)29-2)26-24(28)17-10-6-4-7-11-17/h4-16H,1-3H3,(H,25,27)(H,26,28)/t16-/m1/s1. The second-order valence-corrected chi connectivity index (χ2v) is 6.64. The van der Waals surface area contributed by atoms with Crippen molar-refractivity contribution in [3.05, 3.63) is 78.4 Å². The zero-order valence-corrected chi connectivity index (χ0v) is 17.5. The predicted molar refractivity (Wildman–Crippen MR) is 119 cm³/mol. The van der Waals surface area contributed by atoms with Gasteiger partial charge in [-0.15, -0.1) is 0 Å². The van der Waals surface area contributed by atoms with Crippen molar-refractivity contribution in [2.45, 2.75) is 13.0 Å². The minimum absolute atomic E-state index is 0.289. The fourth-order valence-corrected chi connectivity index (χ4v) is 2.87. The Bertz CT molecular complexity index is 1040. The maximum absolute atomic E-state index is 12.6. The van der Waals surface area contributed by atoms with Gasteiger partial charge >= 0.3 is 0 Å². The number of anilines is 2. The highest BCUT2D eigenvalue weighted by molar-refractivity contribution is 6.05. The number of methoxy groups -OCH3 is 2. The number of carbonyl (C=O) groups excluding carboxylic acids is 2. The Morgan fingerprint density at radius 1 is 0.774 bits per heavy atom. The lowest BCUT2D eigenvalue weighted by molar-refractivity contribution is -0.122. The lowest BCUT2D eigenvalue weighted by atomic mass is 10.2. The van der Waals surface area contributed by atoms with Gasteiger partial charge in [-0.1, -0.05) is 36.4 Å². The van der Waals surface area contributed by atoms with Crippen LogP contribution in [0.3, 0.4) is 0 Å². The molecular weight excluding hydrogens is 396 g/mol. The van der Waals surface area contributed by atoms with Gasteiger partial charge < -0.3 is 24.8 Å². The molecule has 3 aromatic rings. The summed E-state index contributed by atoms with van der Waals surface area (Å²) in [5, 5.41) is 5.59. The SMILES string of the molecule is COc1cc(NC(=O)[C@@H](C)Oc2ccccc2)c(OC)cc1NC(=O)c1ccccc1. The Morgan fingerprint density at radius 3 is 1.84 bits per heavy atom. The van der Waals surface area contributed by atoms with E-state index in [1.54, 1.807) is 55.5 Å². The quantitative estimate of drug-likeness (QED) is 0.565. The van der Waals surface area contributed by atoms with Gasteiger partial charge in [0.05, 0.1) is 25.6 Å². The van der Waals surface area contributed by atoms with Crippen molar-refractivity contribution in [2.75, 3.05) is 24.9 Å². The lowest BCUT2D eigenvalue weighted by Gasteiger charge is -2.18. The van der Waals surface area contributed by atoms with Crippen LogP contribution in [0.4, 0.5) is 11.4 Å². The Hall–Kier alpha value is -4.00. The van der Waals surface area contributed by atoms with E-state index in [-0.39, 0.29) is 11.8 Å². The highest BCUT2D eigenvalue weighted by Gasteiger charge is 2.20. The molecule has 2 amide bonds. The summed E-state index contributed by atoms with van der Waals surface area (Å²) in [5.41, 5.74) is 1.32. The van der Waals surface area contributed by atoms with Gasteiger partial charge in [0.25, 0.3) is 11.8 Å². The molecule has 0 heterocycles. The molecule has 0 saturated carbocycles. The van der Waals surface area contributed by atoms with Gasteiger partial charge in [0.1, 0.15) is 17.2 Å². The smallest absolute Gasteiger partial charge is 0.265 e. The van der Waals surface area contributed by atoms with E-state index in [1.165, 1.54) is 14.2 Å². The van der Waals surface area contributed by atoms with Crippen LogP contribution in [0.1, 0.15) is 17.3 Å². The Morgan fingerprint density at radius 2 is 1.29 bits per heavy atom. The molecule has 7 nitrogen and oxygen atoms in total. The first-order valence-electron chi connectivity index (χ1n) is 9.66. The molecule has 0 unspecified atom stereocenters. The van der Waals surface area contributed by atoms with Crippen molar-refractivity contribution >= 4 is 23.2 Å². The van der Waals surface area contributed by atoms with Crippen LogP contribution in [0.5, 0.6) is 17.2 Å². The predicted octanol–water partition coefficient (Wildman–Crippen LogP) is 4.36. The number of hydrogen-bond donors (Lipinski definition) is 2. The molecule has 0 aliphatic heterocycles. The topological polar surface area (TPSA) is 85.9 Å². The van der Waals surface area contributed by atoms with E-state index in [2.05, 4.69) is 10.6 Å². The summed E-state index contributed by atoms with van der Waals surface area (Å²) < 4.78 is 16.5. The van der Waals surface area contributed by atoms with E-state index in [0.29, 0.717) is 34.2 Å². The molecular formula is C24H24N2O5. The van der Waals surface area contributed by atoms with Gasteiger partial charge in [-0.25, -0.2) is 0 Å². The van der Waals surface area contributed by atoms with Crippen molar-refractivity contribution < 1.29 is 23.8 Å². The second-order valence-electron chi connectivity index (χ2n) is 6.64. The molecule has 3 aromatic carbocycles. The number of ether oxygens (including phenoxy) is 3. The van der Waals surface area contributed by atoms with E-state index < -0.39 is 6.10 Å².